The minimum atomic E-state index is -2.36. The van der Waals surface area contributed by atoms with Crippen LogP contribution in [0.15, 0.2) is 30.9 Å². The Morgan fingerprint density at radius 3 is 2.61 bits per heavy atom. The van der Waals surface area contributed by atoms with Gasteiger partial charge >= 0.3 is 6.01 Å². The number of allylic oxidation sites excluding steroid dienone is 1. The number of phenolic OH excluding ortho intramolecular Hbond substituents is 1. The van der Waals surface area contributed by atoms with E-state index in [2.05, 4.69) is 53.7 Å². The molecule has 2 N–H and O–H groups in total. The summed E-state index contributed by atoms with van der Waals surface area (Å²) < 4.78 is 39.4. The maximum atomic E-state index is 16.9. The molecule has 2 aromatic carbocycles. The molecule has 7 nitrogen and oxygen atoms in total. The average molecular weight is 642 g/mol. The van der Waals surface area contributed by atoms with E-state index in [1.165, 1.54) is 18.2 Å². The number of anilines is 1. The molecule has 3 aromatic rings. The first kappa shape index (κ1) is 31.2. The molecule has 44 heavy (non-hydrogen) atoms. The first-order chi connectivity index (χ1) is 20.9. The van der Waals surface area contributed by atoms with Crippen LogP contribution >= 0.6 is 11.6 Å². The lowest BCUT2D eigenvalue weighted by atomic mass is 9.83. The number of hydrogen-bond acceptors (Lipinski definition) is 7. The maximum absolute atomic E-state index is 16.9. The first-order valence-corrected chi connectivity index (χ1v) is 19.1. The van der Waals surface area contributed by atoms with Gasteiger partial charge in [-0.1, -0.05) is 37.7 Å². The maximum Gasteiger partial charge on any atom is 0.319 e. The van der Waals surface area contributed by atoms with Gasteiger partial charge in [0.25, 0.3) is 0 Å². The molecule has 2 bridgehead atoms. The molecule has 0 amide bonds. The number of benzene rings is 2. The Balaban J connectivity index is 1.51. The highest BCUT2D eigenvalue weighted by Crippen LogP contribution is 2.40. The highest BCUT2D eigenvalue weighted by Gasteiger charge is 2.36. The minimum Gasteiger partial charge on any atom is -0.508 e. The van der Waals surface area contributed by atoms with Gasteiger partial charge in [-0.15, -0.1) is 6.58 Å². The lowest BCUT2D eigenvalue weighted by Crippen LogP contribution is -2.51. The molecule has 1 aromatic heterocycles. The molecule has 0 aliphatic carbocycles. The van der Waals surface area contributed by atoms with Crippen LogP contribution in [0.25, 0.3) is 22.0 Å². The second-order valence-corrected chi connectivity index (χ2v) is 19.1. The van der Waals surface area contributed by atoms with Crippen molar-refractivity contribution >= 4 is 41.6 Å². The Morgan fingerprint density at radius 1 is 1.20 bits per heavy atom. The Morgan fingerprint density at radius 2 is 1.93 bits per heavy atom. The summed E-state index contributed by atoms with van der Waals surface area (Å²) >= 11 is 6.69. The summed E-state index contributed by atoms with van der Waals surface area (Å²) in [5, 5.41) is 15.4. The normalized spacial score (nSPS) is 24.2. The molecule has 3 saturated heterocycles. The van der Waals surface area contributed by atoms with Crippen LogP contribution in [0.2, 0.25) is 24.2 Å². The van der Waals surface area contributed by atoms with E-state index in [1.807, 2.05) is 0 Å². The van der Waals surface area contributed by atoms with Crippen LogP contribution in [0.3, 0.4) is 0 Å². The number of phenols is 1. The second-order valence-electron chi connectivity index (χ2n) is 14.0. The van der Waals surface area contributed by atoms with Crippen LogP contribution in [0.4, 0.5) is 14.6 Å². The van der Waals surface area contributed by atoms with E-state index in [0.29, 0.717) is 54.2 Å². The fraction of sp³-hybridized carbons (Fsp3) is 0.515. The van der Waals surface area contributed by atoms with Crippen LogP contribution in [-0.4, -0.2) is 80.0 Å². The molecule has 1 unspecified atom stereocenters. The summed E-state index contributed by atoms with van der Waals surface area (Å²) in [4.78, 5) is 13.8. The summed E-state index contributed by atoms with van der Waals surface area (Å²) in [7, 11) is -0.257. The number of halogens is 3. The smallest absolute Gasteiger partial charge is 0.319 e. The lowest BCUT2D eigenvalue weighted by Gasteiger charge is -2.38. The van der Waals surface area contributed by atoms with E-state index < -0.39 is 19.7 Å². The Kier molecular flexibility index (Phi) is 8.41. The summed E-state index contributed by atoms with van der Waals surface area (Å²) in [6, 6.07) is 5.48. The number of likely N-dealkylation sites (tertiary alicyclic amines) is 1. The molecular formula is C33H42ClF2N5O2Si. The van der Waals surface area contributed by atoms with Gasteiger partial charge in [-0.2, -0.15) is 9.97 Å². The topological polar surface area (TPSA) is 73.8 Å². The molecule has 3 aliphatic heterocycles. The summed E-state index contributed by atoms with van der Waals surface area (Å²) in [5.74, 6) is -1.25. The molecule has 0 saturated carbocycles. The number of fused-ring (bicyclic) bond motifs is 3. The third-order valence-corrected chi connectivity index (χ3v) is 13.2. The van der Waals surface area contributed by atoms with Crippen molar-refractivity contribution in [1.82, 2.24) is 20.2 Å². The Bertz CT molecular complexity index is 1590. The summed E-state index contributed by atoms with van der Waals surface area (Å²) in [6.07, 6.45) is 5.99. The molecule has 6 rings (SSSR count). The highest BCUT2D eigenvalue weighted by molar-refractivity contribution is 6.92. The molecule has 0 radical (unpaired) electrons. The van der Waals surface area contributed by atoms with Crippen LogP contribution in [0.1, 0.15) is 32.6 Å². The summed E-state index contributed by atoms with van der Waals surface area (Å²) in [5.41, 5.74) is -0.120. The number of aromatic nitrogens is 2. The van der Waals surface area contributed by atoms with Crippen molar-refractivity contribution in [3.63, 3.8) is 0 Å². The number of hydrogen-bond donors (Lipinski definition) is 2. The first-order valence-electron chi connectivity index (χ1n) is 15.5. The van der Waals surface area contributed by atoms with E-state index in [0.717, 1.165) is 38.8 Å². The van der Waals surface area contributed by atoms with Gasteiger partial charge in [0.2, 0.25) is 0 Å². The number of piperidine rings is 1. The Labute approximate surface area is 264 Å². The van der Waals surface area contributed by atoms with Crippen molar-refractivity contribution in [3.05, 3.63) is 47.5 Å². The number of ether oxygens (including phenoxy) is 1. The monoisotopic (exact) mass is 641 g/mol. The zero-order chi connectivity index (χ0) is 31.4. The molecule has 236 valence electrons. The molecule has 3 fully saturated rings. The van der Waals surface area contributed by atoms with Crippen LogP contribution in [-0.2, 0) is 0 Å². The quantitative estimate of drug-likeness (QED) is 0.228. The SMILES string of the molecule is C=CC[Si](C)(C)c1c(Cl)cc(O)cc1-c1c(F)cc2c(N3C[C@H]4CC[C@@H](C3)N4)nc(OCC3(C)CCCN(C)C3)nc2c1F. The van der Waals surface area contributed by atoms with Crippen molar-refractivity contribution in [2.75, 3.05) is 44.7 Å². The van der Waals surface area contributed by atoms with Gasteiger partial charge < -0.3 is 25.0 Å². The van der Waals surface area contributed by atoms with E-state index in [1.54, 1.807) is 6.08 Å². The molecule has 4 heterocycles. The summed E-state index contributed by atoms with van der Waals surface area (Å²) in [6.45, 7) is 13.9. The van der Waals surface area contributed by atoms with Crippen LogP contribution in [0.5, 0.6) is 11.8 Å². The van der Waals surface area contributed by atoms with Gasteiger partial charge in [-0.05, 0) is 74.3 Å². The van der Waals surface area contributed by atoms with Crippen molar-refractivity contribution in [1.29, 1.82) is 0 Å². The number of aromatic hydroxyl groups is 1. The van der Waals surface area contributed by atoms with Crippen molar-refractivity contribution in [2.45, 2.75) is 63.8 Å². The fourth-order valence-corrected chi connectivity index (χ4v) is 11.1. The van der Waals surface area contributed by atoms with E-state index >= 15 is 8.78 Å². The van der Waals surface area contributed by atoms with E-state index in [9.17, 15) is 5.11 Å². The zero-order valence-corrected chi connectivity index (χ0v) is 27.8. The van der Waals surface area contributed by atoms with Gasteiger partial charge in [0.1, 0.15) is 22.9 Å². The van der Waals surface area contributed by atoms with Crippen LogP contribution < -0.4 is 20.1 Å². The predicted molar refractivity (Wildman–Crippen MR) is 176 cm³/mol. The molecule has 3 atom stereocenters. The highest BCUT2D eigenvalue weighted by atomic mass is 35.5. The Hall–Kier alpha value is -2.79. The standard InChI is InChI=1S/C33H42ClF2N5O2Si/c1-6-12-44(4,5)30-23(13-22(42)14-25(30)34)27-26(35)15-24-29(28(27)36)38-32(43-19-33(2)10-7-11-40(3)18-33)39-31(24)41-16-20-8-9-21(17-41)37-20/h6,13-15,20-21,37,42H,1,7-12,16-19H2,2-5H3/t20-,21+,33?. The fourth-order valence-electron chi connectivity index (χ4n) is 7.56. The number of rotatable bonds is 8. The van der Waals surface area contributed by atoms with Crippen LogP contribution in [0, 0.1) is 17.0 Å². The average Bonchev–Trinajstić information content (AvgIpc) is 3.28. The predicted octanol–water partition coefficient (Wildman–Crippen LogP) is 6.09. The van der Waals surface area contributed by atoms with Gasteiger partial charge in [-0.25, -0.2) is 8.78 Å². The number of nitrogens with one attached hydrogen (secondary N) is 1. The van der Waals surface area contributed by atoms with Gasteiger partial charge in [0.15, 0.2) is 5.82 Å². The van der Waals surface area contributed by atoms with Crippen molar-refractivity contribution < 1.29 is 18.6 Å². The minimum absolute atomic E-state index is 0.00759. The van der Waals surface area contributed by atoms with E-state index in [-0.39, 0.29) is 38.8 Å². The molecule has 0 spiro atoms. The largest absolute Gasteiger partial charge is 0.508 e. The van der Waals surface area contributed by atoms with Gasteiger partial charge in [-0.3, -0.25) is 0 Å². The number of nitrogens with zero attached hydrogens (tertiary/aromatic N) is 4. The van der Waals surface area contributed by atoms with Gasteiger partial charge in [0, 0.05) is 47.5 Å². The molecule has 3 aliphatic rings. The lowest BCUT2D eigenvalue weighted by molar-refractivity contribution is 0.0660. The number of piperazine rings is 1. The van der Waals surface area contributed by atoms with Gasteiger partial charge in [0.05, 0.1) is 20.2 Å². The second kappa shape index (κ2) is 11.9. The third kappa shape index (κ3) is 5.93. The van der Waals surface area contributed by atoms with Crippen molar-refractivity contribution in [3.8, 4) is 22.9 Å². The zero-order valence-electron chi connectivity index (χ0n) is 26.0. The third-order valence-electron chi connectivity index (χ3n) is 9.56. The van der Waals surface area contributed by atoms with E-state index in [4.69, 9.17) is 21.3 Å². The molecular weight excluding hydrogens is 600 g/mol. The van der Waals surface area contributed by atoms with Crippen molar-refractivity contribution in [2.24, 2.45) is 5.41 Å². The molecule has 11 heteroatoms.